The molecule has 1 amide bonds. The predicted octanol–water partition coefficient (Wildman–Crippen LogP) is 3.09. The summed E-state index contributed by atoms with van der Waals surface area (Å²) in [6.07, 6.45) is 6.75. The van der Waals surface area contributed by atoms with Crippen molar-refractivity contribution in [1.82, 2.24) is 15.2 Å². The number of rotatable bonds is 8. The van der Waals surface area contributed by atoms with Gasteiger partial charge in [-0.15, -0.1) is 11.3 Å². The first-order chi connectivity index (χ1) is 12.5. The molecular formula is C18H27N3O3S2. The maximum absolute atomic E-state index is 12.2. The molecule has 1 saturated carbocycles. The van der Waals surface area contributed by atoms with Crippen molar-refractivity contribution in [1.29, 1.82) is 0 Å². The molecule has 0 bridgehead atoms. The van der Waals surface area contributed by atoms with Crippen molar-refractivity contribution in [2.75, 3.05) is 18.8 Å². The van der Waals surface area contributed by atoms with Crippen LogP contribution in [0.1, 0.15) is 55.9 Å². The third-order valence-corrected chi connectivity index (χ3v) is 7.44. The zero-order valence-electron chi connectivity index (χ0n) is 15.1. The summed E-state index contributed by atoms with van der Waals surface area (Å²) < 4.78 is 0.750. The quantitative estimate of drug-likeness (QED) is 0.656. The highest BCUT2D eigenvalue weighted by molar-refractivity contribution is 8.01. The molecular weight excluding hydrogens is 370 g/mol. The summed E-state index contributed by atoms with van der Waals surface area (Å²) in [6, 6.07) is 0.864. The molecule has 2 N–H and O–H groups in total. The number of amides is 1. The van der Waals surface area contributed by atoms with E-state index in [9.17, 15) is 9.59 Å². The molecule has 3 atom stereocenters. The van der Waals surface area contributed by atoms with Crippen molar-refractivity contribution in [3.8, 4) is 0 Å². The topological polar surface area (TPSA) is 82.5 Å². The Labute approximate surface area is 162 Å². The lowest BCUT2D eigenvalue weighted by atomic mass is 9.86. The largest absolute Gasteiger partial charge is 0.476 e. The third kappa shape index (κ3) is 4.98. The number of hydrogen-bond donors (Lipinski definition) is 2. The van der Waals surface area contributed by atoms with Crippen molar-refractivity contribution in [2.45, 2.75) is 61.9 Å². The van der Waals surface area contributed by atoms with Crippen LogP contribution in [0.5, 0.6) is 0 Å². The van der Waals surface area contributed by atoms with Crippen LogP contribution < -0.4 is 5.32 Å². The van der Waals surface area contributed by atoms with Gasteiger partial charge in [0, 0.05) is 42.7 Å². The zero-order chi connectivity index (χ0) is 18.5. The number of aromatic carboxylic acids is 1. The molecule has 26 heavy (non-hydrogen) atoms. The van der Waals surface area contributed by atoms with E-state index in [0.29, 0.717) is 19.0 Å². The summed E-state index contributed by atoms with van der Waals surface area (Å²) in [5, 5.41) is 14.2. The van der Waals surface area contributed by atoms with E-state index in [1.54, 1.807) is 5.38 Å². The number of thiazole rings is 1. The summed E-state index contributed by atoms with van der Waals surface area (Å²) in [4.78, 5) is 29.2. The van der Waals surface area contributed by atoms with E-state index in [1.807, 2.05) is 4.90 Å². The average Bonchev–Trinajstić information content (AvgIpc) is 3.22. The Bertz CT molecular complexity index is 637. The van der Waals surface area contributed by atoms with E-state index in [4.69, 9.17) is 5.11 Å². The standard InChI is InChI=1S/C18H27N3O3S2/c1-12-4-2-3-5-14(12)19-10-13-6-7-16(22)21(13)8-9-25-18-20-15(11-26-18)17(23)24/h11-14,19H,2-10H2,1H3,(H,23,24)/t12?,13-,14?/m1/s1. The van der Waals surface area contributed by atoms with E-state index in [2.05, 4.69) is 17.2 Å². The van der Waals surface area contributed by atoms with Crippen molar-refractivity contribution in [2.24, 2.45) is 5.92 Å². The lowest BCUT2D eigenvalue weighted by molar-refractivity contribution is -0.128. The molecule has 144 valence electrons. The number of nitrogens with one attached hydrogen (secondary N) is 1. The molecule has 1 aliphatic carbocycles. The molecule has 0 spiro atoms. The van der Waals surface area contributed by atoms with Crippen LogP contribution in [0.2, 0.25) is 0 Å². The Morgan fingerprint density at radius 2 is 2.23 bits per heavy atom. The highest BCUT2D eigenvalue weighted by atomic mass is 32.2. The second-order valence-electron chi connectivity index (χ2n) is 7.21. The SMILES string of the molecule is CC1CCCCC1NC[C@H]1CCC(=O)N1CCSc1nc(C(=O)O)cs1. The van der Waals surface area contributed by atoms with Crippen molar-refractivity contribution < 1.29 is 14.7 Å². The van der Waals surface area contributed by atoms with E-state index in [-0.39, 0.29) is 17.6 Å². The second kappa shape index (κ2) is 9.19. The molecule has 2 unspecified atom stereocenters. The first-order valence-electron chi connectivity index (χ1n) is 9.39. The van der Waals surface area contributed by atoms with Gasteiger partial charge in [-0.3, -0.25) is 4.79 Å². The number of aromatic nitrogens is 1. The van der Waals surface area contributed by atoms with Gasteiger partial charge in [-0.05, 0) is 25.2 Å². The smallest absolute Gasteiger partial charge is 0.355 e. The van der Waals surface area contributed by atoms with Crippen LogP contribution in [0.15, 0.2) is 9.72 Å². The van der Waals surface area contributed by atoms with Crippen LogP contribution in [0, 0.1) is 5.92 Å². The van der Waals surface area contributed by atoms with Crippen molar-refractivity contribution in [3.05, 3.63) is 11.1 Å². The van der Waals surface area contributed by atoms with Crippen LogP contribution in [-0.2, 0) is 4.79 Å². The number of nitrogens with zero attached hydrogens (tertiary/aromatic N) is 2. The summed E-state index contributed by atoms with van der Waals surface area (Å²) >= 11 is 2.87. The molecule has 1 saturated heterocycles. The lowest BCUT2D eigenvalue weighted by Crippen LogP contribution is -2.46. The van der Waals surface area contributed by atoms with Gasteiger partial charge in [0.05, 0.1) is 0 Å². The number of likely N-dealkylation sites (tertiary alicyclic amines) is 1. The van der Waals surface area contributed by atoms with E-state index in [0.717, 1.165) is 29.0 Å². The maximum atomic E-state index is 12.2. The van der Waals surface area contributed by atoms with Gasteiger partial charge in [0.25, 0.3) is 0 Å². The van der Waals surface area contributed by atoms with Gasteiger partial charge < -0.3 is 15.3 Å². The molecule has 8 heteroatoms. The van der Waals surface area contributed by atoms with E-state index in [1.165, 1.54) is 48.8 Å². The molecule has 6 nitrogen and oxygen atoms in total. The Kier molecular flexibility index (Phi) is 6.94. The summed E-state index contributed by atoms with van der Waals surface area (Å²) in [5.74, 6) is 0.706. The molecule has 1 aromatic rings. The second-order valence-corrected chi connectivity index (χ2v) is 9.41. The van der Waals surface area contributed by atoms with Crippen LogP contribution >= 0.6 is 23.1 Å². The summed E-state index contributed by atoms with van der Waals surface area (Å²) in [6.45, 7) is 3.90. The average molecular weight is 398 g/mol. The van der Waals surface area contributed by atoms with E-state index < -0.39 is 5.97 Å². The molecule has 2 aliphatic rings. The van der Waals surface area contributed by atoms with Crippen molar-refractivity contribution in [3.63, 3.8) is 0 Å². The number of carboxylic acids is 1. The van der Waals surface area contributed by atoms with Gasteiger partial charge in [0.1, 0.15) is 0 Å². The molecule has 0 radical (unpaired) electrons. The highest BCUT2D eigenvalue weighted by Gasteiger charge is 2.31. The number of carboxylic acid groups (broad SMARTS) is 1. The molecule has 0 aromatic carbocycles. The molecule has 1 aliphatic heterocycles. The monoisotopic (exact) mass is 397 g/mol. The Balaban J connectivity index is 1.45. The number of carbonyl (C=O) groups excluding carboxylic acids is 1. The fraction of sp³-hybridized carbons (Fsp3) is 0.722. The van der Waals surface area contributed by atoms with Gasteiger partial charge >= 0.3 is 5.97 Å². The van der Waals surface area contributed by atoms with E-state index >= 15 is 0 Å². The fourth-order valence-electron chi connectivity index (χ4n) is 3.87. The predicted molar refractivity (Wildman–Crippen MR) is 104 cm³/mol. The fourth-order valence-corrected chi connectivity index (χ4v) is 5.68. The molecule has 2 fully saturated rings. The minimum atomic E-state index is -0.995. The molecule has 2 heterocycles. The highest BCUT2D eigenvalue weighted by Crippen LogP contribution is 2.26. The normalized spacial score (nSPS) is 26.4. The zero-order valence-corrected chi connectivity index (χ0v) is 16.8. The maximum Gasteiger partial charge on any atom is 0.355 e. The number of hydrogen-bond acceptors (Lipinski definition) is 6. The minimum Gasteiger partial charge on any atom is -0.476 e. The van der Waals surface area contributed by atoms with Crippen LogP contribution in [0.3, 0.4) is 0 Å². The minimum absolute atomic E-state index is 0.0958. The number of carbonyl (C=O) groups is 2. The third-order valence-electron chi connectivity index (χ3n) is 5.44. The van der Waals surface area contributed by atoms with Crippen LogP contribution in [0.25, 0.3) is 0 Å². The Morgan fingerprint density at radius 3 is 2.96 bits per heavy atom. The van der Waals surface area contributed by atoms with Gasteiger partial charge in [-0.25, -0.2) is 9.78 Å². The molecule has 1 aromatic heterocycles. The first-order valence-corrected chi connectivity index (χ1v) is 11.3. The Morgan fingerprint density at radius 1 is 1.42 bits per heavy atom. The van der Waals surface area contributed by atoms with Gasteiger partial charge in [-0.2, -0.15) is 0 Å². The number of thioether (sulfide) groups is 1. The van der Waals surface area contributed by atoms with Crippen LogP contribution in [-0.4, -0.2) is 57.8 Å². The van der Waals surface area contributed by atoms with Crippen LogP contribution in [0.4, 0.5) is 0 Å². The van der Waals surface area contributed by atoms with Gasteiger partial charge in [0.15, 0.2) is 10.0 Å². The molecule has 3 rings (SSSR count). The lowest BCUT2D eigenvalue weighted by Gasteiger charge is -2.32. The Hall–Kier alpha value is -1.12. The van der Waals surface area contributed by atoms with Crippen molar-refractivity contribution >= 4 is 35.0 Å². The van der Waals surface area contributed by atoms with Gasteiger partial charge in [0.2, 0.25) is 5.91 Å². The summed E-state index contributed by atoms with van der Waals surface area (Å²) in [5.41, 5.74) is 0.0958. The van der Waals surface area contributed by atoms with Gasteiger partial charge in [-0.1, -0.05) is 31.5 Å². The first kappa shape index (κ1) is 19.6. The summed E-state index contributed by atoms with van der Waals surface area (Å²) in [7, 11) is 0.